The van der Waals surface area contributed by atoms with E-state index in [2.05, 4.69) is 5.32 Å². The number of benzene rings is 1. The topological polar surface area (TPSA) is 41.6 Å². The lowest BCUT2D eigenvalue weighted by molar-refractivity contribution is -0.123. The highest BCUT2D eigenvalue weighted by atomic mass is 35.5. The maximum absolute atomic E-state index is 12.3. The van der Waals surface area contributed by atoms with Crippen molar-refractivity contribution >= 4 is 28.8 Å². The molecule has 1 aromatic heterocycles. The quantitative estimate of drug-likeness (QED) is 0.897. The van der Waals surface area contributed by atoms with E-state index in [0.717, 1.165) is 33.5 Å². The highest BCUT2D eigenvalue weighted by Gasteiger charge is 2.22. The third kappa shape index (κ3) is 4.25. The summed E-state index contributed by atoms with van der Waals surface area (Å²) in [5, 5.41) is 3.11. The first-order valence-electron chi connectivity index (χ1n) is 7.55. The zero-order chi connectivity index (χ0) is 16.2. The second-order valence-electron chi connectivity index (χ2n) is 5.67. The molecule has 0 unspecified atom stereocenters. The van der Waals surface area contributed by atoms with Gasteiger partial charge in [0.25, 0.3) is 0 Å². The first-order chi connectivity index (χ1) is 11.1. The van der Waals surface area contributed by atoms with Crippen LogP contribution in [0.3, 0.4) is 0 Å². The van der Waals surface area contributed by atoms with Gasteiger partial charge < -0.3 is 10.1 Å². The lowest BCUT2D eigenvalue weighted by Crippen LogP contribution is -2.38. The molecule has 3 rings (SSSR count). The van der Waals surface area contributed by atoms with Crippen LogP contribution in [0, 0.1) is 0 Å². The smallest absolute Gasteiger partial charge is 0.234 e. The number of halogens is 1. The fourth-order valence-corrected chi connectivity index (χ4v) is 3.90. The van der Waals surface area contributed by atoms with E-state index in [0.29, 0.717) is 13.2 Å². The Kier molecular flexibility index (Phi) is 5.20. The second kappa shape index (κ2) is 7.34. The van der Waals surface area contributed by atoms with E-state index >= 15 is 0 Å². The van der Waals surface area contributed by atoms with Crippen molar-refractivity contribution in [1.82, 2.24) is 10.2 Å². The summed E-state index contributed by atoms with van der Waals surface area (Å²) < 4.78 is 6.40. The van der Waals surface area contributed by atoms with Crippen LogP contribution in [0.4, 0.5) is 0 Å². The summed E-state index contributed by atoms with van der Waals surface area (Å²) in [5.74, 6) is 0.891. The normalized spacial score (nSPS) is 16.7. The van der Waals surface area contributed by atoms with Gasteiger partial charge in [0.1, 0.15) is 5.75 Å². The van der Waals surface area contributed by atoms with Gasteiger partial charge in [-0.05, 0) is 25.2 Å². The van der Waals surface area contributed by atoms with Crippen LogP contribution in [0.2, 0.25) is 4.34 Å². The fraction of sp³-hybridized carbons (Fsp3) is 0.353. The van der Waals surface area contributed by atoms with Crippen LogP contribution in [0.25, 0.3) is 0 Å². The second-order valence-corrected chi connectivity index (χ2v) is 7.47. The fourth-order valence-electron chi connectivity index (χ4n) is 2.74. The number of fused-ring (bicyclic) bond motifs is 1. The third-order valence-corrected chi connectivity index (χ3v) is 4.98. The van der Waals surface area contributed by atoms with Gasteiger partial charge >= 0.3 is 0 Å². The Hall–Kier alpha value is -1.56. The van der Waals surface area contributed by atoms with Gasteiger partial charge in [0, 0.05) is 23.4 Å². The van der Waals surface area contributed by atoms with Crippen LogP contribution in [0.1, 0.15) is 22.9 Å². The maximum Gasteiger partial charge on any atom is 0.234 e. The number of nitrogens with zero attached hydrogens (tertiary/aromatic N) is 1. The van der Waals surface area contributed by atoms with Crippen molar-refractivity contribution in [3.63, 3.8) is 0 Å². The molecule has 0 saturated carbocycles. The Morgan fingerprint density at radius 3 is 3.00 bits per heavy atom. The lowest BCUT2D eigenvalue weighted by atomic mass is 10.0. The van der Waals surface area contributed by atoms with Crippen LogP contribution in [-0.4, -0.2) is 31.0 Å². The summed E-state index contributed by atoms with van der Waals surface area (Å²) >= 11 is 7.48. The zero-order valence-electron chi connectivity index (χ0n) is 12.9. The molecule has 1 atom stereocenters. The molecule has 1 aliphatic heterocycles. The van der Waals surface area contributed by atoms with Crippen molar-refractivity contribution in [3.05, 3.63) is 51.2 Å². The zero-order valence-corrected chi connectivity index (χ0v) is 14.5. The van der Waals surface area contributed by atoms with Crippen LogP contribution in [0.15, 0.2) is 36.4 Å². The van der Waals surface area contributed by atoms with Gasteiger partial charge in [0.05, 0.1) is 23.5 Å². The van der Waals surface area contributed by atoms with Crippen LogP contribution >= 0.6 is 22.9 Å². The van der Waals surface area contributed by atoms with Gasteiger partial charge in [-0.2, -0.15) is 0 Å². The molecule has 122 valence electrons. The number of ether oxygens (including phenoxy) is 1. The molecular weight excluding hydrogens is 332 g/mol. The van der Waals surface area contributed by atoms with Crippen molar-refractivity contribution < 1.29 is 9.53 Å². The molecule has 0 saturated heterocycles. The van der Waals surface area contributed by atoms with E-state index in [1.807, 2.05) is 48.3 Å². The van der Waals surface area contributed by atoms with Gasteiger partial charge in [-0.25, -0.2) is 0 Å². The Morgan fingerprint density at radius 2 is 2.22 bits per heavy atom. The van der Waals surface area contributed by atoms with Crippen molar-refractivity contribution in [1.29, 1.82) is 0 Å². The number of para-hydroxylation sites is 1. The molecule has 1 N–H and O–H groups in total. The van der Waals surface area contributed by atoms with E-state index in [4.69, 9.17) is 16.3 Å². The van der Waals surface area contributed by atoms with E-state index in [1.54, 1.807) is 11.3 Å². The summed E-state index contributed by atoms with van der Waals surface area (Å²) in [4.78, 5) is 15.5. The Balaban J connectivity index is 1.55. The summed E-state index contributed by atoms with van der Waals surface area (Å²) in [6.07, 6.45) is 0.799. The summed E-state index contributed by atoms with van der Waals surface area (Å²) in [7, 11) is 1.94. The van der Waals surface area contributed by atoms with Crippen molar-refractivity contribution in [2.24, 2.45) is 0 Å². The molecule has 1 amide bonds. The number of carbonyl (C=O) groups excluding carboxylic acids is 1. The Labute approximate surface area is 145 Å². The number of nitrogens with one attached hydrogen (secondary N) is 1. The predicted molar refractivity (Wildman–Crippen MR) is 93.1 cm³/mol. The number of amides is 1. The first kappa shape index (κ1) is 16.3. The van der Waals surface area contributed by atoms with E-state index in [1.165, 1.54) is 0 Å². The Morgan fingerprint density at radius 1 is 1.39 bits per heavy atom. The minimum absolute atomic E-state index is 0.0249. The summed E-state index contributed by atoms with van der Waals surface area (Å²) in [6, 6.07) is 11.8. The number of rotatable bonds is 5. The number of likely N-dealkylation sites (N-methyl/N-ethyl adjacent to an activating group) is 1. The summed E-state index contributed by atoms with van der Waals surface area (Å²) in [5.41, 5.74) is 1.06. The van der Waals surface area contributed by atoms with Crippen LogP contribution in [-0.2, 0) is 11.3 Å². The number of hydrogen-bond donors (Lipinski definition) is 1. The van der Waals surface area contributed by atoms with Crippen LogP contribution < -0.4 is 10.1 Å². The molecule has 0 spiro atoms. The average Bonchev–Trinajstić information content (AvgIpc) is 2.92. The molecule has 4 nitrogen and oxygen atoms in total. The molecule has 23 heavy (non-hydrogen) atoms. The first-order valence-corrected chi connectivity index (χ1v) is 8.75. The van der Waals surface area contributed by atoms with Gasteiger partial charge in [-0.1, -0.05) is 29.8 Å². The highest BCUT2D eigenvalue weighted by Crippen LogP contribution is 2.31. The van der Waals surface area contributed by atoms with Crippen molar-refractivity contribution in [2.45, 2.75) is 19.0 Å². The minimum Gasteiger partial charge on any atom is -0.493 e. The highest BCUT2D eigenvalue weighted by molar-refractivity contribution is 7.16. The molecule has 2 heterocycles. The van der Waals surface area contributed by atoms with Crippen LogP contribution in [0.5, 0.6) is 5.75 Å². The maximum atomic E-state index is 12.3. The van der Waals surface area contributed by atoms with E-state index in [-0.39, 0.29) is 11.9 Å². The molecule has 1 aromatic carbocycles. The lowest BCUT2D eigenvalue weighted by Gasteiger charge is -2.27. The number of hydrogen-bond acceptors (Lipinski definition) is 4. The molecule has 0 aliphatic carbocycles. The van der Waals surface area contributed by atoms with Gasteiger partial charge in [0.2, 0.25) is 5.91 Å². The van der Waals surface area contributed by atoms with E-state index in [9.17, 15) is 4.79 Å². The van der Waals surface area contributed by atoms with E-state index < -0.39 is 0 Å². The third-order valence-electron chi connectivity index (χ3n) is 3.76. The molecular formula is C17H19ClN2O2S. The largest absolute Gasteiger partial charge is 0.493 e. The van der Waals surface area contributed by atoms with Crippen molar-refractivity contribution in [2.75, 3.05) is 20.2 Å². The van der Waals surface area contributed by atoms with Gasteiger partial charge in [0.15, 0.2) is 0 Å². The SMILES string of the molecule is CN(CC(=O)N[C@@H]1CCOc2ccccc21)Cc1ccc(Cl)s1. The predicted octanol–water partition coefficient (Wildman–Crippen LogP) is 3.47. The Bertz CT molecular complexity index is 689. The number of thiophene rings is 1. The molecule has 0 fully saturated rings. The van der Waals surface area contributed by atoms with Gasteiger partial charge in [-0.3, -0.25) is 9.69 Å². The molecule has 1 aliphatic rings. The molecule has 2 aromatic rings. The molecule has 0 radical (unpaired) electrons. The van der Waals surface area contributed by atoms with Crippen molar-refractivity contribution in [3.8, 4) is 5.75 Å². The standard InChI is InChI=1S/C17H19ClN2O2S/c1-20(10-12-6-7-16(18)23-12)11-17(21)19-14-8-9-22-15-5-3-2-4-13(14)15/h2-7,14H,8-11H2,1H3,(H,19,21)/t14-/m1/s1. The monoisotopic (exact) mass is 350 g/mol. The molecule has 0 bridgehead atoms. The minimum atomic E-state index is 0.0249. The number of carbonyl (C=O) groups is 1. The summed E-state index contributed by atoms with van der Waals surface area (Å²) in [6.45, 7) is 1.70. The average molecular weight is 351 g/mol. The molecule has 6 heteroatoms. The van der Waals surface area contributed by atoms with Gasteiger partial charge in [-0.15, -0.1) is 11.3 Å².